The van der Waals surface area contributed by atoms with Crippen molar-refractivity contribution in [2.75, 3.05) is 14.2 Å². The molecule has 0 aromatic carbocycles. The van der Waals surface area contributed by atoms with E-state index >= 15 is 0 Å². The second-order valence-corrected chi connectivity index (χ2v) is 5.69. The van der Waals surface area contributed by atoms with E-state index in [0.717, 1.165) is 4.90 Å². The number of likely N-dealkylation sites (tertiary alicyclic amines) is 1. The van der Waals surface area contributed by atoms with Gasteiger partial charge in [0.05, 0.1) is 31.3 Å². The van der Waals surface area contributed by atoms with E-state index in [9.17, 15) is 14.4 Å². The molecule has 0 aliphatic carbocycles. The second kappa shape index (κ2) is 4.95. The van der Waals surface area contributed by atoms with Gasteiger partial charge in [0.1, 0.15) is 11.3 Å². The number of carbonyl (C=O) groups excluding carboxylic acids is 3. The molecule has 2 fully saturated rings. The van der Waals surface area contributed by atoms with Crippen LogP contribution in [0, 0.1) is 11.8 Å². The summed E-state index contributed by atoms with van der Waals surface area (Å²) < 4.78 is 10.3. The molecule has 0 bridgehead atoms. The zero-order valence-electron chi connectivity index (χ0n) is 12.7. The Morgan fingerprint density at radius 1 is 1.45 bits per heavy atom. The Morgan fingerprint density at radius 3 is 2.73 bits per heavy atom. The Hall–Kier alpha value is -2.15. The molecule has 0 radical (unpaired) electrons. The van der Waals surface area contributed by atoms with Crippen molar-refractivity contribution in [1.29, 1.82) is 0 Å². The maximum atomic E-state index is 12.5. The smallest absolute Gasteiger partial charge is 0.326 e. The number of carbonyl (C=O) groups is 3. The van der Waals surface area contributed by atoms with E-state index in [4.69, 9.17) is 9.15 Å². The number of nitrogens with zero attached hydrogens (tertiary/aromatic N) is 1. The van der Waals surface area contributed by atoms with Gasteiger partial charge in [0.25, 0.3) is 0 Å². The maximum absolute atomic E-state index is 12.5. The largest absolute Gasteiger partial charge is 0.468 e. The lowest BCUT2D eigenvalue weighted by molar-refractivity contribution is -0.154. The first-order chi connectivity index (χ1) is 10.5. The molecule has 7 nitrogen and oxygen atoms in total. The van der Waals surface area contributed by atoms with Crippen molar-refractivity contribution >= 4 is 17.8 Å². The molecule has 1 aromatic heterocycles. The summed E-state index contributed by atoms with van der Waals surface area (Å²) in [6, 6.07) is 2.91. The number of hydrogen-bond donors (Lipinski definition) is 1. The highest BCUT2D eigenvalue weighted by Gasteiger charge is 2.68. The molecule has 0 spiro atoms. The van der Waals surface area contributed by atoms with Gasteiger partial charge in [-0.3, -0.25) is 24.6 Å². The Morgan fingerprint density at radius 2 is 2.18 bits per heavy atom. The summed E-state index contributed by atoms with van der Waals surface area (Å²) in [5, 5.41) is 3.15. The number of ether oxygens (including phenoxy) is 1. The molecule has 2 amide bonds. The maximum Gasteiger partial charge on any atom is 0.326 e. The van der Waals surface area contributed by atoms with Crippen molar-refractivity contribution in [2.45, 2.75) is 24.9 Å². The average molecular weight is 306 g/mol. The van der Waals surface area contributed by atoms with Crippen LogP contribution >= 0.6 is 0 Å². The van der Waals surface area contributed by atoms with E-state index in [1.165, 1.54) is 20.4 Å². The zero-order valence-corrected chi connectivity index (χ0v) is 12.7. The molecular weight excluding hydrogens is 288 g/mol. The SMILES string of the molecule is CC[C@]1(C(=O)OC)N[C@@H](c2ccco2)[C@H]2C(=O)N(C)C(=O)[C@H]21. The molecule has 1 N–H and O–H groups in total. The fourth-order valence-electron chi connectivity index (χ4n) is 3.70. The second-order valence-electron chi connectivity index (χ2n) is 5.69. The zero-order chi connectivity index (χ0) is 16.1. The van der Waals surface area contributed by atoms with E-state index in [1.807, 2.05) is 0 Å². The lowest BCUT2D eigenvalue weighted by Gasteiger charge is -2.30. The van der Waals surface area contributed by atoms with Gasteiger partial charge < -0.3 is 9.15 Å². The summed E-state index contributed by atoms with van der Waals surface area (Å²) in [7, 11) is 2.72. The first-order valence-electron chi connectivity index (χ1n) is 7.19. The summed E-state index contributed by atoms with van der Waals surface area (Å²) >= 11 is 0. The molecule has 4 atom stereocenters. The number of methoxy groups -OCH3 is 1. The molecule has 3 rings (SSSR count). The molecule has 118 valence electrons. The van der Waals surface area contributed by atoms with Gasteiger partial charge in [-0.2, -0.15) is 0 Å². The van der Waals surface area contributed by atoms with Crippen LogP contribution in [0.3, 0.4) is 0 Å². The van der Waals surface area contributed by atoms with Crippen molar-refractivity contribution in [3.8, 4) is 0 Å². The van der Waals surface area contributed by atoms with E-state index < -0.39 is 29.4 Å². The van der Waals surface area contributed by atoms with E-state index in [2.05, 4.69) is 5.32 Å². The molecule has 2 saturated heterocycles. The van der Waals surface area contributed by atoms with Gasteiger partial charge >= 0.3 is 5.97 Å². The predicted molar refractivity (Wildman–Crippen MR) is 74.4 cm³/mol. The Kier molecular flexibility index (Phi) is 3.32. The topological polar surface area (TPSA) is 88.8 Å². The van der Waals surface area contributed by atoms with Crippen LogP contribution in [0.25, 0.3) is 0 Å². The standard InChI is InChI=1S/C15H18N2O5/c1-4-15(14(20)21-3)10-9(12(18)17(2)13(10)19)11(16-15)8-6-5-7-22-8/h5-7,9-11,16H,4H2,1-3H3/t9-,10-,11-,15-/m0/s1. The summed E-state index contributed by atoms with van der Waals surface area (Å²) in [6.45, 7) is 1.79. The molecule has 0 saturated carbocycles. The van der Waals surface area contributed by atoms with Gasteiger partial charge in [0.2, 0.25) is 11.8 Å². The molecule has 7 heteroatoms. The highest BCUT2D eigenvalue weighted by atomic mass is 16.5. The molecule has 2 aliphatic rings. The molecule has 2 aliphatic heterocycles. The molecule has 3 heterocycles. The number of amides is 2. The third-order valence-electron chi connectivity index (χ3n) is 4.83. The van der Waals surface area contributed by atoms with Crippen LogP contribution < -0.4 is 5.32 Å². The number of hydrogen-bond acceptors (Lipinski definition) is 6. The van der Waals surface area contributed by atoms with Gasteiger partial charge in [-0.25, -0.2) is 0 Å². The summed E-state index contributed by atoms with van der Waals surface area (Å²) in [5.74, 6) is -2.10. The quantitative estimate of drug-likeness (QED) is 0.645. The predicted octanol–water partition coefficient (Wildman–Crippen LogP) is 0.477. The lowest BCUT2D eigenvalue weighted by atomic mass is 9.78. The minimum absolute atomic E-state index is 0.303. The van der Waals surface area contributed by atoms with Gasteiger partial charge in [-0.15, -0.1) is 0 Å². The van der Waals surface area contributed by atoms with Crippen molar-refractivity contribution in [1.82, 2.24) is 10.2 Å². The monoisotopic (exact) mass is 306 g/mol. The highest BCUT2D eigenvalue weighted by molar-refractivity contribution is 6.09. The van der Waals surface area contributed by atoms with Crippen LogP contribution in [0.2, 0.25) is 0 Å². The van der Waals surface area contributed by atoms with Gasteiger partial charge in [0.15, 0.2) is 0 Å². The third-order valence-corrected chi connectivity index (χ3v) is 4.83. The van der Waals surface area contributed by atoms with Crippen molar-refractivity contribution in [2.24, 2.45) is 11.8 Å². The number of esters is 1. The summed E-state index contributed by atoms with van der Waals surface area (Å²) in [4.78, 5) is 38.5. The Bertz CT molecular complexity index is 626. The van der Waals surface area contributed by atoms with Gasteiger partial charge in [0, 0.05) is 7.05 Å². The number of imide groups is 1. The van der Waals surface area contributed by atoms with E-state index in [1.54, 1.807) is 19.1 Å². The number of fused-ring (bicyclic) bond motifs is 1. The van der Waals surface area contributed by atoms with Crippen molar-refractivity contribution in [3.05, 3.63) is 24.2 Å². The summed E-state index contributed by atoms with van der Waals surface area (Å²) in [6.07, 6.45) is 1.84. The first-order valence-corrected chi connectivity index (χ1v) is 7.19. The normalized spacial score (nSPS) is 34.1. The molecular formula is C15H18N2O5. The average Bonchev–Trinajstić information content (AvgIpc) is 3.21. The fourth-order valence-corrected chi connectivity index (χ4v) is 3.70. The number of rotatable bonds is 3. The van der Waals surface area contributed by atoms with E-state index in [0.29, 0.717) is 12.2 Å². The van der Waals surface area contributed by atoms with Crippen molar-refractivity contribution in [3.63, 3.8) is 0 Å². The minimum atomic E-state index is -1.21. The minimum Gasteiger partial charge on any atom is -0.468 e. The first kappa shape index (κ1) is 14.8. The van der Waals surface area contributed by atoms with Crippen LogP contribution in [0.4, 0.5) is 0 Å². The van der Waals surface area contributed by atoms with Crippen molar-refractivity contribution < 1.29 is 23.5 Å². The number of furan rings is 1. The van der Waals surface area contributed by atoms with Crippen LogP contribution in [0.5, 0.6) is 0 Å². The van der Waals surface area contributed by atoms with Crippen LogP contribution in [0.1, 0.15) is 25.1 Å². The Labute approximate surface area is 127 Å². The van der Waals surface area contributed by atoms with Crippen LogP contribution in [0.15, 0.2) is 22.8 Å². The molecule has 22 heavy (non-hydrogen) atoms. The van der Waals surface area contributed by atoms with Gasteiger partial charge in [-0.05, 0) is 18.6 Å². The Balaban J connectivity index is 2.13. The van der Waals surface area contributed by atoms with E-state index in [-0.39, 0.29) is 11.8 Å². The number of nitrogens with one attached hydrogen (secondary N) is 1. The van der Waals surface area contributed by atoms with Crippen LogP contribution in [-0.4, -0.2) is 42.4 Å². The molecule has 1 aromatic rings. The van der Waals surface area contributed by atoms with Gasteiger partial charge in [-0.1, -0.05) is 6.92 Å². The molecule has 0 unspecified atom stereocenters. The fraction of sp³-hybridized carbons (Fsp3) is 0.533. The highest BCUT2D eigenvalue weighted by Crippen LogP contribution is 2.49. The summed E-state index contributed by atoms with van der Waals surface area (Å²) in [5.41, 5.74) is -1.21. The third kappa shape index (κ3) is 1.68. The van der Waals surface area contributed by atoms with Crippen LogP contribution in [-0.2, 0) is 19.1 Å². The lowest BCUT2D eigenvalue weighted by Crippen LogP contribution is -2.55.